The van der Waals surface area contributed by atoms with Gasteiger partial charge in [-0.25, -0.2) is 13.2 Å². The lowest BCUT2D eigenvalue weighted by atomic mass is 9.97. The maximum absolute atomic E-state index is 12.7. The summed E-state index contributed by atoms with van der Waals surface area (Å²) in [5.41, 5.74) is -1.39. The van der Waals surface area contributed by atoms with Gasteiger partial charge in [0.15, 0.2) is 0 Å². The molecule has 0 spiro atoms. The summed E-state index contributed by atoms with van der Waals surface area (Å²) in [5, 5.41) is 12.0. The fourth-order valence-electron chi connectivity index (χ4n) is 2.54. The maximum Gasteiger partial charge on any atom is 0.341 e. The Kier molecular flexibility index (Phi) is 4.18. The molecule has 0 unspecified atom stereocenters. The van der Waals surface area contributed by atoms with Gasteiger partial charge in [0.2, 0.25) is 9.84 Å². The number of aliphatic carboxylic acids is 1. The van der Waals surface area contributed by atoms with Gasteiger partial charge >= 0.3 is 11.7 Å². The average molecular weight is 319 g/mol. The standard InChI is InChI=1S/C13H15F2NO4S/c14-12(15)21(19,20)10-6-2-1-5-9(10)16-13(11(17)18)7-3-4-8-13/h1-2,5-6,12,16H,3-4,7-8H2,(H,17,18). The van der Waals surface area contributed by atoms with Crippen LogP contribution in [0.3, 0.4) is 0 Å². The monoisotopic (exact) mass is 319 g/mol. The zero-order chi connectivity index (χ0) is 15.7. The molecule has 0 radical (unpaired) electrons. The molecule has 1 saturated carbocycles. The van der Waals surface area contributed by atoms with Gasteiger partial charge in [-0.2, -0.15) is 8.78 Å². The SMILES string of the molecule is O=C(O)C1(Nc2ccccc2S(=O)(=O)C(F)F)CCCC1. The van der Waals surface area contributed by atoms with Gasteiger partial charge in [-0.05, 0) is 25.0 Å². The van der Waals surface area contributed by atoms with Crippen LogP contribution in [0.4, 0.5) is 14.5 Å². The van der Waals surface area contributed by atoms with E-state index in [1.54, 1.807) is 0 Å². The minimum Gasteiger partial charge on any atom is -0.480 e. The van der Waals surface area contributed by atoms with Gasteiger partial charge in [0.1, 0.15) is 5.54 Å². The van der Waals surface area contributed by atoms with E-state index in [-0.39, 0.29) is 5.69 Å². The molecule has 116 valence electrons. The van der Waals surface area contributed by atoms with Crippen molar-refractivity contribution in [2.75, 3.05) is 5.32 Å². The second kappa shape index (κ2) is 5.59. The molecule has 0 saturated heterocycles. The Hall–Kier alpha value is -1.70. The van der Waals surface area contributed by atoms with Crippen LogP contribution in [-0.2, 0) is 14.6 Å². The Morgan fingerprint density at radius 3 is 2.33 bits per heavy atom. The summed E-state index contributed by atoms with van der Waals surface area (Å²) in [4.78, 5) is 10.9. The van der Waals surface area contributed by atoms with Crippen molar-refractivity contribution in [2.45, 2.75) is 41.9 Å². The van der Waals surface area contributed by atoms with Crippen LogP contribution in [0, 0.1) is 0 Å². The van der Waals surface area contributed by atoms with Crippen LogP contribution in [0.2, 0.25) is 0 Å². The molecule has 21 heavy (non-hydrogen) atoms. The summed E-state index contributed by atoms with van der Waals surface area (Å²) in [6, 6.07) is 5.15. The normalized spacial score (nSPS) is 17.9. The Morgan fingerprint density at radius 1 is 1.24 bits per heavy atom. The van der Waals surface area contributed by atoms with Gasteiger partial charge in [0.25, 0.3) is 0 Å². The lowest BCUT2D eigenvalue weighted by Gasteiger charge is -2.27. The third-order valence-electron chi connectivity index (χ3n) is 3.67. The van der Waals surface area contributed by atoms with E-state index < -0.39 is 32.0 Å². The van der Waals surface area contributed by atoms with E-state index >= 15 is 0 Å². The number of carboxylic acids is 1. The van der Waals surface area contributed by atoms with E-state index in [4.69, 9.17) is 0 Å². The van der Waals surface area contributed by atoms with E-state index in [1.807, 2.05) is 0 Å². The van der Waals surface area contributed by atoms with Crippen LogP contribution >= 0.6 is 0 Å². The number of benzene rings is 1. The topological polar surface area (TPSA) is 83.5 Å². The number of carbonyl (C=O) groups is 1. The number of nitrogens with one attached hydrogen (secondary N) is 1. The summed E-state index contributed by atoms with van der Waals surface area (Å²) >= 11 is 0. The summed E-state index contributed by atoms with van der Waals surface area (Å²) in [7, 11) is -4.79. The van der Waals surface area contributed by atoms with Crippen LogP contribution in [-0.4, -0.2) is 30.8 Å². The number of halogens is 2. The highest BCUT2D eigenvalue weighted by Gasteiger charge is 2.42. The lowest BCUT2D eigenvalue weighted by Crippen LogP contribution is -2.44. The highest BCUT2D eigenvalue weighted by molar-refractivity contribution is 7.91. The number of anilines is 1. The molecule has 5 nitrogen and oxygen atoms in total. The number of sulfone groups is 1. The molecule has 1 fully saturated rings. The van der Waals surface area contributed by atoms with Crippen LogP contribution in [0.1, 0.15) is 25.7 Å². The Morgan fingerprint density at radius 2 is 1.81 bits per heavy atom. The Balaban J connectivity index is 2.44. The van der Waals surface area contributed by atoms with Crippen LogP contribution in [0.25, 0.3) is 0 Å². The minimum absolute atomic E-state index is 0.0953. The molecule has 1 aliphatic carbocycles. The van der Waals surface area contributed by atoms with Crippen molar-refractivity contribution in [3.05, 3.63) is 24.3 Å². The number of hydrogen-bond donors (Lipinski definition) is 2. The molecular weight excluding hydrogens is 304 g/mol. The quantitative estimate of drug-likeness (QED) is 0.871. The van der Waals surface area contributed by atoms with Gasteiger partial charge < -0.3 is 10.4 Å². The van der Waals surface area contributed by atoms with Crippen molar-refractivity contribution in [3.63, 3.8) is 0 Å². The number of rotatable bonds is 5. The average Bonchev–Trinajstić information content (AvgIpc) is 2.89. The summed E-state index contributed by atoms with van der Waals surface area (Å²) in [5.74, 6) is -4.66. The fraction of sp³-hybridized carbons (Fsp3) is 0.462. The first-order valence-corrected chi connectivity index (χ1v) is 7.97. The van der Waals surface area contributed by atoms with E-state index in [1.165, 1.54) is 18.2 Å². The molecule has 0 aromatic heterocycles. The molecule has 2 rings (SSSR count). The third-order valence-corrected chi connectivity index (χ3v) is 5.11. The molecule has 1 aliphatic rings. The second-order valence-corrected chi connectivity index (χ2v) is 6.91. The molecule has 0 amide bonds. The van der Waals surface area contributed by atoms with Crippen molar-refractivity contribution in [1.82, 2.24) is 0 Å². The molecule has 0 heterocycles. The fourth-order valence-corrected chi connectivity index (χ4v) is 3.43. The van der Waals surface area contributed by atoms with Gasteiger partial charge in [-0.15, -0.1) is 0 Å². The largest absolute Gasteiger partial charge is 0.480 e. The van der Waals surface area contributed by atoms with E-state index in [0.29, 0.717) is 25.7 Å². The van der Waals surface area contributed by atoms with E-state index in [9.17, 15) is 27.1 Å². The van der Waals surface area contributed by atoms with Crippen LogP contribution in [0.5, 0.6) is 0 Å². The zero-order valence-electron chi connectivity index (χ0n) is 11.1. The molecule has 8 heteroatoms. The molecule has 0 bridgehead atoms. The maximum atomic E-state index is 12.7. The lowest BCUT2D eigenvalue weighted by molar-refractivity contribution is -0.142. The van der Waals surface area contributed by atoms with E-state index in [0.717, 1.165) is 6.07 Å². The highest BCUT2D eigenvalue weighted by Crippen LogP contribution is 2.36. The predicted octanol–water partition coefficient (Wildman–Crippen LogP) is 2.49. The number of hydrogen-bond acceptors (Lipinski definition) is 4. The third kappa shape index (κ3) is 2.85. The van der Waals surface area contributed by atoms with E-state index in [2.05, 4.69) is 5.32 Å². The van der Waals surface area contributed by atoms with Gasteiger partial charge in [0, 0.05) is 0 Å². The van der Waals surface area contributed by atoms with Crippen LogP contribution < -0.4 is 5.32 Å². The van der Waals surface area contributed by atoms with Gasteiger partial charge in [0.05, 0.1) is 10.6 Å². The van der Waals surface area contributed by atoms with Crippen molar-refractivity contribution in [1.29, 1.82) is 0 Å². The van der Waals surface area contributed by atoms with Crippen molar-refractivity contribution < 1.29 is 27.1 Å². The molecule has 2 N–H and O–H groups in total. The highest BCUT2D eigenvalue weighted by atomic mass is 32.2. The first-order chi connectivity index (χ1) is 9.79. The smallest absolute Gasteiger partial charge is 0.341 e. The first kappa shape index (κ1) is 15.7. The minimum atomic E-state index is -4.79. The summed E-state index contributed by atoms with van der Waals surface area (Å²) in [6.45, 7) is 0. The number of carboxylic acid groups (broad SMARTS) is 1. The number of para-hydroxylation sites is 1. The van der Waals surface area contributed by atoms with Gasteiger partial charge in [-0.1, -0.05) is 25.0 Å². The molecular formula is C13H15F2NO4S. The molecule has 1 aromatic rings. The van der Waals surface area contributed by atoms with Gasteiger partial charge in [-0.3, -0.25) is 0 Å². The molecule has 0 atom stereocenters. The predicted molar refractivity (Wildman–Crippen MR) is 72.1 cm³/mol. The van der Waals surface area contributed by atoms with Crippen molar-refractivity contribution in [2.24, 2.45) is 0 Å². The Labute approximate surface area is 120 Å². The van der Waals surface area contributed by atoms with Crippen molar-refractivity contribution >= 4 is 21.5 Å². The Bertz CT molecular complexity index is 639. The van der Waals surface area contributed by atoms with Crippen molar-refractivity contribution in [3.8, 4) is 0 Å². The van der Waals surface area contributed by atoms with Crippen LogP contribution in [0.15, 0.2) is 29.2 Å². The second-order valence-electron chi connectivity index (χ2n) is 5.02. The first-order valence-electron chi connectivity index (χ1n) is 6.42. The summed E-state index contributed by atoms with van der Waals surface area (Å²) in [6.07, 6.45) is 2.02. The zero-order valence-corrected chi connectivity index (χ0v) is 11.9. The number of alkyl halides is 2. The summed E-state index contributed by atoms with van der Waals surface area (Å²) < 4.78 is 48.8. The molecule has 0 aliphatic heterocycles. The molecule has 1 aromatic carbocycles.